The Morgan fingerprint density at radius 1 is 1.30 bits per heavy atom. The number of rotatable bonds is 4. The van der Waals surface area contributed by atoms with Crippen molar-refractivity contribution in [2.45, 2.75) is 37.5 Å². The molecule has 0 spiro atoms. The van der Waals surface area contributed by atoms with Crippen molar-refractivity contribution in [3.05, 3.63) is 52.8 Å². The van der Waals surface area contributed by atoms with E-state index in [9.17, 15) is 18.0 Å². The quantitative estimate of drug-likeness (QED) is 0.886. The molecule has 5 nitrogen and oxygen atoms in total. The fourth-order valence-electron chi connectivity index (χ4n) is 3.38. The number of aromatic nitrogens is 2. The van der Waals surface area contributed by atoms with Crippen LogP contribution >= 0.6 is 0 Å². The van der Waals surface area contributed by atoms with E-state index < -0.39 is 11.7 Å². The van der Waals surface area contributed by atoms with Gasteiger partial charge < -0.3 is 9.64 Å². The lowest BCUT2D eigenvalue weighted by molar-refractivity contribution is -0.137. The van der Waals surface area contributed by atoms with Crippen molar-refractivity contribution in [3.63, 3.8) is 0 Å². The van der Waals surface area contributed by atoms with Crippen LogP contribution in [0.1, 0.15) is 46.1 Å². The second kappa shape index (κ2) is 6.99. The van der Waals surface area contributed by atoms with E-state index in [1.54, 1.807) is 17.0 Å². The molecule has 1 aliphatic carbocycles. The Morgan fingerprint density at radius 2 is 2.11 bits per heavy atom. The van der Waals surface area contributed by atoms with E-state index in [-0.39, 0.29) is 12.0 Å². The van der Waals surface area contributed by atoms with Crippen LogP contribution in [0.2, 0.25) is 0 Å². The number of amides is 1. The molecule has 144 valence electrons. The number of benzene rings is 1. The Bertz CT molecular complexity index is 830. The van der Waals surface area contributed by atoms with Gasteiger partial charge in [-0.25, -0.2) is 0 Å². The molecule has 2 heterocycles. The van der Waals surface area contributed by atoms with Crippen molar-refractivity contribution in [1.29, 1.82) is 0 Å². The first-order chi connectivity index (χ1) is 12.9. The zero-order valence-electron chi connectivity index (χ0n) is 14.6. The molecule has 4 rings (SSSR count). The van der Waals surface area contributed by atoms with Gasteiger partial charge in [0.15, 0.2) is 0 Å². The van der Waals surface area contributed by atoms with Gasteiger partial charge >= 0.3 is 6.18 Å². The monoisotopic (exact) mass is 379 g/mol. The van der Waals surface area contributed by atoms with Gasteiger partial charge in [0, 0.05) is 31.1 Å². The van der Waals surface area contributed by atoms with Crippen molar-refractivity contribution < 1.29 is 22.7 Å². The number of carbonyl (C=O) groups excluding carboxylic acids is 1. The number of ether oxygens (including phenoxy) is 1. The van der Waals surface area contributed by atoms with Crippen LogP contribution in [0.4, 0.5) is 13.2 Å². The summed E-state index contributed by atoms with van der Waals surface area (Å²) < 4.78 is 44.3. The topological polar surface area (TPSA) is 58.2 Å². The van der Waals surface area contributed by atoms with Gasteiger partial charge in [-0.15, -0.1) is 0 Å². The van der Waals surface area contributed by atoms with Crippen LogP contribution in [0.5, 0.6) is 0 Å². The Balaban J connectivity index is 1.41. The minimum absolute atomic E-state index is 0.171. The normalized spacial score (nSPS) is 20.7. The number of aromatic amines is 1. The Labute approximate surface area is 154 Å². The molecule has 27 heavy (non-hydrogen) atoms. The molecule has 1 aliphatic heterocycles. The molecule has 1 aromatic carbocycles. The van der Waals surface area contributed by atoms with Crippen molar-refractivity contribution in [2.24, 2.45) is 0 Å². The maximum absolute atomic E-state index is 12.9. The molecule has 1 aromatic heterocycles. The second-order valence-electron chi connectivity index (χ2n) is 7.13. The van der Waals surface area contributed by atoms with Crippen LogP contribution in [0.25, 0.3) is 0 Å². The number of carbonyl (C=O) groups is 1. The van der Waals surface area contributed by atoms with Crippen LogP contribution in [0.3, 0.4) is 0 Å². The lowest BCUT2D eigenvalue weighted by atomic mass is 10.0. The van der Waals surface area contributed by atoms with Crippen molar-refractivity contribution in [3.8, 4) is 0 Å². The molecular formula is C19H20F3N3O2. The molecule has 1 amide bonds. The van der Waals surface area contributed by atoms with E-state index in [2.05, 4.69) is 10.2 Å². The Kier molecular flexibility index (Phi) is 4.67. The number of morpholine rings is 1. The molecule has 2 aliphatic rings. The maximum atomic E-state index is 12.9. The molecule has 0 unspecified atom stereocenters. The van der Waals surface area contributed by atoms with E-state index in [0.717, 1.165) is 30.7 Å². The average Bonchev–Trinajstić information content (AvgIpc) is 3.38. The summed E-state index contributed by atoms with van der Waals surface area (Å²) in [6, 6.07) is 7.04. The number of H-pyrrole nitrogens is 1. The van der Waals surface area contributed by atoms with Crippen molar-refractivity contribution in [1.82, 2.24) is 15.1 Å². The summed E-state index contributed by atoms with van der Waals surface area (Å²) >= 11 is 0. The molecule has 8 heteroatoms. The number of hydrogen-bond donors (Lipinski definition) is 1. The molecule has 1 N–H and O–H groups in total. The first-order valence-electron chi connectivity index (χ1n) is 9.02. The van der Waals surface area contributed by atoms with Crippen LogP contribution in [-0.4, -0.2) is 46.8 Å². The largest absolute Gasteiger partial charge is 0.416 e. The zero-order valence-corrected chi connectivity index (χ0v) is 14.6. The lowest BCUT2D eigenvalue weighted by Gasteiger charge is -2.32. The molecule has 1 atom stereocenters. The lowest BCUT2D eigenvalue weighted by Crippen LogP contribution is -2.46. The van der Waals surface area contributed by atoms with Gasteiger partial charge in [-0.1, -0.05) is 18.2 Å². The van der Waals surface area contributed by atoms with Crippen LogP contribution in [0.15, 0.2) is 30.3 Å². The third-order valence-electron chi connectivity index (χ3n) is 4.98. The van der Waals surface area contributed by atoms with Crippen LogP contribution in [-0.2, 0) is 17.3 Å². The van der Waals surface area contributed by atoms with E-state index in [4.69, 9.17) is 4.74 Å². The van der Waals surface area contributed by atoms with Gasteiger partial charge in [-0.2, -0.15) is 18.3 Å². The average molecular weight is 379 g/mol. The first kappa shape index (κ1) is 18.0. The third kappa shape index (κ3) is 4.16. The van der Waals surface area contributed by atoms with E-state index in [1.807, 2.05) is 0 Å². The maximum Gasteiger partial charge on any atom is 0.416 e. The molecule has 0 bridgehead atoms. The van der Waals surface area contributed by atoms with Crippen LogP contribution in [0, 0.1) is 0 Å². The van der Waals surface area contributed by atoms with E-state index in [1.165, 1.54) is 6.07 Å². The highest BCUT2D eigenvalue weighted by molar-refractivity contribution is 5.92. The van der Waals surface area contributed by atoms with E-state index >= 15 is 0 Å². The first-order valence-corrected chi connectivity index (χ1v) is 9.02. The molecular weight excluding hydrogens is 359 g/mol. The summed E-state index contributed by atoms with van der Waals surface area (Å²) in [4.78, 5) is 14.3. The molecule has 1 saturated heterocycles. The van der Waals surface area contributed by atoms with Gasteiger partial charge in [0.25, 0.3) is 5.91 Å². The fraction of sp³-hybridized carbons (Fsp3) is 0.474. The van der Waals surface area contributed by atoms with Gasteiger partial charge in [0.2, 0.25) is 0 Å². The number of nitrogens with zero attached hydrogens (tertiary/aromatic N) is 2. The summed E-state index contributed by atoms with van der Waals surface area (Å²) in [6.45, 7) is 1.14. The van der Waals surface area contributed by atoms with Gasteiger partial charge in [-0.3, -0.25) is 9.89 Å². The summed E-state index contributed by atoms with van der Waals surface area (Å²) in [5.41, 5.74) is 1.25. The molecule has 2 fully saturated rings. The molecule has 1 saturated carbocycles. The smallest absolute Gasteiger partial charge is 0.374 e. The Morgan fingerprint density at radius 3 is 2.85 bits per heavy atom. The Hall–Kier alpha value is -2.35. The highest BCUT2D eigenvalue weighted by atomic mass is 19.4. The summed E-state index contributed by atoms with van der Waals surface area (Å²) in [5.74, 6) is 0.313. The van der Waals surface area contributed by atoms with Gasteiger partial charge in [-0.05, 0) is 30.5 Å². The minimum Gasteiger partial charge on any atom is -0.374 e. The van der Waals surface area contributed by atoms with Crippen LogP contribution < -0.4 is 0 Å². The second-order valence-corrected chi connectivity index (χ2v) is 7.13. The summed E-state index contributed by atoms with van der Waals surface area (Å²) in [6.07, 6.45) is -2.15. The third-order valence-corrected chi connectivity index (χ3v) is 4.98. The highest BCUT2D eigenvalue weighted by Gasteiger charge is 2.32. The van der Waals surface area contributed by atoms with Gasteiger partial charge in [0.05, 0.1) is 18.3 Å². The number of alkyl halides is 3. The predicted octanol–water partition coefficient (Wildman–Crippen LogP) is 3.39. The number of halogens is 3. The van der Waals surface area contributed by atoms with Crippen molar-refractivity contribution in [2.75, 3.05) is 19.7 Å². The summed E-state index contributed by atoms with van der Waals surface area (Å²) in [7, 11) is 0. The molecule has 0 radical (unpaired) electrons. The highest BCUT2D eigenvalue weighted by Crippen LogP contribution is 2.39. The zero-order chi connectivity index (χ0) is 19.0. The van der Waals surface area contributed by atoms with E-state index in [0.29, 0.717) is 43.3 Å². The SMILES string of the molecule is O=C(c1cc(C2CC2)[nH]n1)N1CCO[C@H](Cc2cccc(C(F)(F)F)c2)C1. The number of nitrogens with one attached hydrogen (secondary N) is 1. The van der Waals surface area contributed by atoms with Crippen molar-refractivity contribution >= 4 is 5.91 Å². The predicted molar refractivity (Wildman–Crippen MR) is 91.4 cm³/mol. The summed E-state index contributed by atoms with van der Waals surface area (Å²) in [5, 5.41) is 7.04. The standard InChI is InChI=1S/C19H20F3N3O2/c20-19(21,22)14-3-1-2-12(8-14)9-15-11-25(6-7-27-15)18(26)17-10-16(23-24-17)13-4-5-13/h1-3,8,10,13,15H,4-7,9,11H2,(H,23,24)/t15-/m1/s1. The number of hydrogen-bond acceptors (Lipinski definition) is 3. The van der Waals surface area contributed by atoms with Gasteiger partial charge in [0.1, 0.15) is 5.69 Å². The fourth-order valence-corrected chi connectivity index (χ4v) is 3.38. The molecule has 2 aromatic rings. The minimum atomic E-state index is -4.37.